The summed E-state index contributed by atoms with van der Waals surface area (Å²) < 4.78 is 5.50. The molecule has 0 saturated carbocycles. The second-order valence-corrected chi connectivity index (χ2v) is 4.29. The number of ether oxygens (including phenoxy) is 1. The predicted octanol–water partition coefficient (Wildman–Crippen LogP) is 3.05. The van der Waals surface area contributed by atoms with Crippen molar-refractivity contribution in [3.05, 3.63) is 0 Å². The van der Waals surface area contributed by atoms with Gasteiger partial charge in [-0.15, -0.1) is 11.8 Å². The zero-order valence-corrected chi connectivity index (χ0v) is 8.16. The van der Waals surface area contributed by atoms with Gasteiger partial charge < -0.3 is 4.74 Å². The lowest BCUT2D eigenvalue weighted by atomic mass is 10.3. The Morgan fingerprint density at radius 3 is 3.00 bits per heavy atom. The van der Waals surface area contributed by atoms with E-state index in [4.69, 9.17) is 4.74 Å². The molecule has 0 spiro atoms. The van der Waals surface area contributed by atoms with Gasteiger partial charge in [0.2, 0.25) is 0 Å². The fraction of sp³-hybridized carbons (Fsp3) is 1.00. The van der Waals surface area contributed by atoms with Gasteiger partial charge >= 0.3 is 0 Å². The van der Waals surface area contributed by atoms with Crippen LogP contribution < -0.4 is 0 Å². The van der Waals surface area contributed by atoms with Crippen LogP contribution in [0.1, 0.15) is 39.0 Å². The molecule has 0 aromatic heterocycles. The van der Waals surface area contributed by atoms with E-state index in [-0.39, 0.29) is 0 Å². The van der Waals surface area contributed by atoms with Crippen molar-refractivity contribution in [3.63, 3.8) is 0 Å². The van der Waals surface area contributed by atoms with Gasteiger partial charge in [-0.25, -0.2) is 0 Å². The van der Waals surface area contributed by atoms with Crippen LogP contribution in [-0.2, 0) is 4.74 Å². The molecule has 2 heteroatoms. The highest BCUT2D eigenvalue weighted by Gasteiger charge is 2.14. The van der Waals surface area contributed by atoms with Crippen molar-refractivity contribution in [3.8, 4) is 0 Å². The van der Waals surface area contributed by atoms with Gasteiger partial charge in [-0.05, 0) is 25.0 Å². The standard InChI is InChI=1S/C9H18OS/c1-2-3-4-8-11-9-6-5-7-10-9/h9H,2-8H2,1H3. The molecule has 1 saturated heterocycles. The van der Waals surface area contributed by atoms with Crippen molar-refractivity contribution in [2.75, 3.05) is 12.4 Å². The lowest BCUT2D eigenvalue weighted by Crippen LogP contribution is -1.99. The van der Waals surface area contributed by atoms with E-state index in [2.05, 4.69) is 6.92 Å². The van der Waals surface area contributed by atoms with Gasteiger partial charge in [0.15, 0.2) is 0 Å². The molecule has 1 aliphatic rings. The summed E-state index contributed by atoms with van der Waals surface area (Å²) in [6.07, 6.45) is 6.61. The minimum Gasteiger partial charge on any atom is -0.368 e. The van der Waals surface area contributed by atoms with E-state index in [1.807, 2.05) is 11.8 Å². The summed E-state index contributed by atoms with van der Waals surface area (Å²) in [5.74, 6) is 1.29. The molecule has 1 aliphatic heterocycles. The number of thioether (sulfide) groups is 1. The highest BCUT2D eigenvalue weighted by molar-refractivity contribution is 7.99. The first-order chi connectivity index (χ1) is 5.43. The molecular weight excluding hydrogens is 156 g/mol. The van der Waals surface area contributed by atoms with E-state index >= 15 is 0 Å². The Morgan fingerprint density at radius 2 is 2.36 bits per heavy atom. The monoisotopic (exact) mass is 174 g/mol. The van der Waals surface area contributed by atoms with Crippen LogP contribution in [0, 0.1) is 0 Å². The van der Waals surface area contributed by atoms with Gasteiger partial charge in [-0.1, -0.05) is 19.8 Å². The third kappa shape index (κ3) is 4.02. The van der Waals surface area contributed by atoms with Crippen LogP contribution in [-0.4, -0.2) is 17.8 Å². The summed E-state index contributed by atoms with van der Waals surface area (Å²) in [5.41, 5.74) is 0.534. The molecule has 1 nitrogen and oxygen atoms in total. The quantitative estimate of drug-likeness (QED) is 0.592. The summed E-state index contributed by atoms with van der Waals surface area (Å²) in [4.78, 5) is 0. The van der Waals surface area contributed by atoms with Crippen LogP contribution in [0.15, 0.2) is 0 Å². The molecule has 1 heterocycles. The Hall–Kier alpha value is 0.310. The highest BCUT2D eigenvalue weighted by Crippen LogP contribution is 2.24. The van der Waals surface area contributed by atoms with Crippen molar-refractivity contribution in [1.29, 1.82) is 0 Å². The average molecular weight is 174 g/mol. The minimum absolute atomic E-state index is 0.534. The first kappa shape index (κ1) is 9.40. The molecule has 0 aromatic rings. The first-order valence-corrected chi connectivity index (χ1v) is 5.71. The van der Waals surface area contributed by atoms with Crippen LogP contribution in [0.25, 0.3) is 0 Å². The van der Waals surface area contributed by atoms with Crippen LogP contribution in [0.5, 0.6) is 0 Å². The number of rotatable bonds is 5. The maximum Gasteiger partial charge on any atom is 0.103 e. The summed E-state index contributed by atoms with van der Waals surface area (Å²) in [6.45, 7) is 3.24. The van der Waals surface area contributed by atoms with Gasteiger partial charge in [0.25, 0.3) is 0 Å². The first-order valence-electron chi connectivity index (χ1n) is 4.66. The third-order valence-corrected chi connectivity index (χ3v) is 3.21. The van der Waals surface area contributed by atoms with Gasteiger partial charge in [-0.2, -0.15) is 0 Å². The highest BCUT2D eigenvalue weighted by atomic mass is 32.2. The molecule has 0 bridgehead atoms. The molecule has 0 aromatic carbocycles. The Morgan fingerprint density at radius 1 is 1.45 bits per heavy atom. The lowest BCUT2D eigenvalue weighted by molar-refractivity contribution is 0.173. The van der Waals surface area contributed by atoms with E-state index in [1.54, 1.807) is 0 Å². The molecule has 66 valence electrons. The zero-order valence-electron chi connectivity index (χ0n) is 7.34. The zero-order chi connectivity index (χ0) is 7.94. The molecule has 1 fully saturated rings. The average Bonchev–Trinajstić information content (AvgIpc) is 2.50. The maximum atomic E-state index is 5.50. The van der Waals surface area contributed by atoms with Gasteiger partial charge in [0.05, 0.1) is 0 Å². The Bertz CT molecular complexity index is 89.6. The van der Waals surface area contributed by atoms with E-state index < -0.39 is 0 Å². The fourth-order valence-electron chi connectivity index (χ4n) is 1.25. The van der Waals surface area contributed by atoms with Crippen LogP contribution in [0.2, 0.25) is 0 Å². The van der Waals surface area contributed by atoms with Gasteiger partial charge in [-0.3, -0.25) is 0 Å². The summed E-state index contributed by atoms with van der Waals surface area (Å²) >= 11 is 2.00. The molecule has 11 heavy (non-hydrogen) atoms. The second kappa shape index (κ2) is 5.90. The Kier molecular flexibility index (Phi) is 5.04. The molecule has 0 amide bonds. The van der Waals surface area contributed by atoms with Crippen molar-refractivity contribution in [2.24, 2.45) is 0 Å². The molecule has 1 unspecified atom stereocenters. The molecule has 0 aliphatic carbocycles. The van der Waals surface area contributed by atoms with Crippen molar-refractivity contribution in [2.45, 2.75) is 44.5 Å². The molecule has 1 rings (SSSR count). The Labute approximate surface area is 73.9 Å². The van der Waals surface area contributed by atoms with Crippen molar-refractivity contribution >= 4 is 11.8 Å². The second-order valence-electron chi connectivity index (χ2n) is 3.02. The molecule has 0 N–H and O–H groups in total. The number of hydrogen-bond donors (Lipinski definition) is 0. The van der Waals surface area contributed by atoms with E-state index in [9.17, 15) is 0 Å². The SMILES string of the molecule is CCCCCSC1CCCO1. The molecule has 0 radical (unpaired) electrons. The maximum absolute atomic E-state index is 5.50. The number of unbranched alkanes of at least 4 members (excludes halogenated alkanes) is 2. The lowest BCUT2D eigenvalue weighted by Gasteiger charge is -2.07. The van der Waals surface area contributed by atoms with Crippen molar-refractivity contribution in [1.82, 2.24) is 0 Å². The van der Waals surface area contributed by atoms with Crippen molar-refractivity contribution < 1.29 is 4.74 Å². The van der Waals surface area contributed by atoms with Crippen LogP contribution in [0.4, 0.5) is 0 Å². The topological polar surface area (TPSA) is 9.23 Å². The predicted molar refractivity (Wildman–Crippen MR) is 51.0 cm³/mol. The third-order valence-electron chi connectivity index (χ3n) is 1.94. The summed E-state index contributed by atoms with van der Waals surface area (Å²) in [7, 11) is 0. The van der Waals surface area contributed by atoms with E-state index in [0.717, 1.165) is 6.61 Å². The summed E-state index contributed by atoms with van der Waals surface area (Å²) in [6, 6.07) is 0. The normalized spacial score (nSPS) is 24.3. The van der Waals surface area contributed by atoms with Gasteiger partial charge in [0, 0.05) is 6.61 Å². The minimum atomic E-state index is 0.534. The van der Waals surface area contributed by atoms with E-state index in [1.165, 1.54) is 37.9 Å². The molecule has 1 atom stereocenters. The smallest absolute Gasteiger partial charge is 0.103 e. The Balaban J connectivity index is 1.86. The van der Waals surface area contributed by atoms with Gasteiger partial charge in [0.1, 0.15) is 5.44 Å². The largest absolute Gasteiger partial charge is 0.368 e. The summed E-state index contributed by atoms with van der Waals surface area (Å²) in [5, 5.41) is 0. The molecular formula is C9H18OS. The fourth-order valence-corrected chi connectivity index (χ4v) is 2.41. The van der Waals surface area contributed by atoms with E-state index in [0.29, 0.717) is 5.44 Å². The number of hydrogen-bond acceptors (Lipinski definition) is 2. The van der Waals surface area contributed by atoms with Crippen LogP contribution >= 0.6 is 11.8 Å². The van der Waals surface area contributed by atoms with Crippen LogP contribution in [0.3, 0.4) is 0 Å².